The van der Waals surface area contributed by atoms with E-state index in [2.05, 4.69) is 159 Å². The average Bonchev–Trinajstić information content (AvgIpc) is 3.56. The van der Waals surface area contributed by atoms with Gasteiger partial charge in [0.25, 0.3) is 0 Å². The molecule has 0 saturated heterocycles. The van der Waals surface area contributed by atoms with Gasteiger partial charge in [0.15, 0.2) is 0 Å². The van der Waals surface area contributed by atoms with E-state index in [1.165, 1.54) is 99.1 Å². The van der Waals surface area contributed by atoms with Crippen LogP contribution in [-0.2, 0) is 11.8 Å². The molecule has 0 N–H and O–H groups in total. The fourth-order valence-electron chi connectivity index (χ4n) is 8.64. The van der Waals surface area contributed by atoms with Crippen molar-refractivity contribution in [2.45, 2.75) is 25.7 Å². The summed E-state index contributed by atoms with van der Waals surface area (Å²) in [5, 5.41) is 7.83. The first-order valence-electron chi connectivity index (χ1n) is 16.4. The normalized spacial score (nSPS) is 14.0. The van der Waals surface area contributed by atoms with Crippen LogP contribution in [0.4, 0.5) is 0 Å². The van der Waals surface area contributed by atoms with Gasteiger partial charge in [-0.25, -0.2) is 0 Å². The molecule has 0 spiro atoms. The molecule has 2 aliphatic carbocycles. The number of benzene rings is 8. The van der Waals surface area contributed by atoms with Gasteiger partial charge in [-0.2, -0.15) is 0 Å². The minimum absolute atomic E-state index is 0.0421. The summed E-state index contributed by atoms with van der Waals surface area (Å²) in [6, 6.07) is 54.9. The summed E-state index contributed by atoms with van der Waals surface area (Å²) in [6.07, 6.45) is 0.995. The highest BCUT2D eigenvalue weighted by Crippen LogP contribution is 2.51. The lowest BCUT2D eigenvalue weighted by Gasteiger charge is -2.23. The third-order valence-electron chi connectivity index (χ3n) is 10.8. The van der Waals surface area contributed by atoms with Crippen molar-refractivity contribution in [1.29, 1.82) is 0 Å². The third kappa shape index (κ3) is 3.50. The Morgan fingerprint density at radius 3 is 1.61 bits per heavy atom. The van der Waals surface area contributed by atoms with Crippen molar-refractivity contribution in [2.75, 3.05) is 0 Å². The van der Waals surface area contributed by atoms with E-state index in [1.807, 2.05) is 0 Å². The zero-order valence-electron chi connectivity index (χ0n) is 26.1. The van der Waals surface area contributed by atoms with Crippen molar-refractivity contribution < 1.29 is 0 Å². The lowest BCUT2D eigenvalue weighted by Crippen LogP contribution is -2.14. The Bertz CT molecular complexity index is 2520. The summed E-state index contributed by atoms with van der Waals surface area (Å²) < 4.78 is 0. The first-order chi connectivity index (χ1) is 22.6. The Kier molecular flexibility index (Phi) is 5.21. The van der Waals surface area contributed by atoms with Crippen LogP contribution in [-0.4, -0.2) is 0 Å². The van der Waals surface area contributed by atoms with E-state index in [4.69, 9.17) is 0 Å². The number of hydrogen-bond acceptors (Lipinski definition) is 0. The lowest BCUT2D eigenvalue weighted by molar-refractivity contribution is 0.660. The second-order valence-electron chi connectivity index (χ2n) is 13.7. The largest absolute Gasteiger partial charge is 0.0619 e. The molecule has 0 aliphatic heterocycles. The Hall–Kier alpha value is -5.46. The molecule has 0 bridgehead atoms. The minimum Gasteiger partial charge on any atom is -0.0619 e. The fourth-order valence-corrected chi connectivity index (χ4v) is 8.64. The summed E-state index contributed by atoms with van der Waals surface area (Å²) >= 11 is 0. The molecule has 0 amide bonds. The van der Waals surface area contributed by atoms with Crippen molar-refractivity contribution in [1.82, 2.24) is 0 Å². The third-order valence-corrected chi connectivity index (χ3v) is 10.8. The fraction of sp³-hybridized carbons (Fsp3) is 0.0870. The predicted molar refractivity (Wildman–Crippen MR) is 196 cm³/mol. The summed E-state index contributed by atoms with van der Waals surface area (Å²) in [6.45, 7) is 4.74. The molecule has 2 aliphatic rings. The molecule has 0 nitrogen and oxygen atoms in total. The van der Waals surface area contributed by atoms with Gasteiger partial charge in [0.05, 0.1) is 0 Å². The van der Waals surface area contributed by atoms with Gasteiger partial charge in [0.2, 0.25) is 0 Å². The Morgan fingerprint density at radius 2 is 0.913 bits per heavy atom. The van der Waals surface area contributed by atoms with Crippen molar-refractivity contribution in [2.24, 2.45) is 0 Å². The molecule has 10 rings (SSSR count). The summed E-state index contributed by atoms with van der Waals surface area (Å²) in [7, 11) is 0. The minimum atomic E-state index is -0.0421. The molecule has 216 valence electrons. The van der Waals surface area contributed by atoms with E-state index in [0.717, 1.165) is 6.42 Å². The summed E-state index contributed by atoms with van der Waals surface area (Å²) in [5.74, 6) is 0. The second-order valence-corrected chi connectivity index (χ2v) is 13.7. The van der Waals surface area contributed by atoms with E-state index in [1.54, 1.807) is 0 Å². The van der Waals surface area contributed by atoms with Crippen LogP contribution in [0.15, 0.2) is 146 Å². The molecule has 0 saturated carbocycles. The van der Waals surface area contributed by atoms with Crippen LogP contribution in [0.2, 0.25) is 0 Å². The second kappa shape index (κ2) is 9.28. The van der Waals surface area contributed by atoms with Crippen LogP contribution in [0.5, 0.6) is 0 Å². The van der Waals surface area contributed by atoms with E-state index in [0.29, 0.717) is 0 Å². The van der Waals surface area contributed by atoms with Gasteiger partial charge < -0.3 is 0 Å². The highest BCUT2D eigenvalue weighted by Gasteiger charge is 2.35. The highest BCUT2D eigenvalue weighted by molar-refractivity contribution is 6.21. The van der Waals surface area contributed by atoms with Crippen molar-refractivity contribution in [3.63, 3.8) is 0 Å². The highest BCUT2D eigenvalue weighted by atomic mass is 14.4. The molecular formula is C46H32. The predicted octanol–water partition coefficient (Wildman–Crippen LogP) is 12.4. The number of rotatable bonds is 2. The maximum absolute atomic E-state index is 2.47. The monoisotopic (exact) mass is 584 g/mol. The standard InChI is InChI=1S/C46H32/c1-46(2)42-18-10-9-13-34(42)35-22-21-32(27-43(35)46)45-38-16-7-5-14-36(38)44(37-15-6-8-17-39(37)45)31-20-19-30-24-33-23-28-11-3-4-12-29(28)25-41(33)40(30)26-31/h3-23,25-27H,24H2,1-2H3. The zero-order chi connectivity index (χ0) is 30.6. The Morgan fingerprint density at radius 1 is 0.391 bits per heavy atom. The molecular weight excluding hydrogens is 553 g/mol. The molecule has 8 aromatic carbocycles. The molecule has 0 atom stereocenters. The van der Waals surface area contributed by atoms with E-state index in [9.17, 15) is 0 Å². The van der Waals surface area contributed by atoms with Crippen molar-refractivity contribution in [3.05, 3.63) is 168 Å². The van der Waals surface area contributed by atoms with Gasteiger partial charge in [-0.05, 0) is 124 Å². The van der Waals surface area contributed by atoms with E-state index >= 15 is 0 Å². The first kappa shape index (κ1) is 25.8. The number of fused-ring (bicyclic) bond motifs is 9. The molecule has 0 fully saturated rings. The maximum Gasteiger partial charge on any atom is 0.0159 e. The Balaban J connectivity index is 1.21. The summed E-state index contributed by atoms with van der Waals surface area (Å²) in [4.78, 5) is 0. The molecule has 0 heterocycles. The topological polar surface area (TPSA) is 0 Å². The van der Waals surface area contributed by atoms with Crippen LogP contribution in [0.3, 0.4) is 0 Å². The van der Waals surface area contributed by atoms with Crippen LogP contribution >= 0.6 is 0 Å². The molecule has 46 heavy (non-hydrogen) atoms. The summed E-state index contributed by atoms with van der Waals surface area (Å²) in [5.41, 5.74) is 16.3. The molecule has 0 unspecified atom stereocenters. The smallest absolute Gasteiger partial charge is 0.0159 e. The lowest BCUT2D eigenvalue weighted by atomic mass is 9.80. The van der Waals surface area contributed by atoms with Gasteiger partial charge in [0, 0.05) is 5.41 Å². The van der Waals surface area contributed by atoms with E-state index in [-0.39, 0.29) is 5.41 Å². The van der Waals surface area contributed by atoms with Gasteiger partial charge in [-0.1, -0.05) is 141 Å². The molecule has 0 aromatic heterocycles. The van der Waals surface area contributed by atoms with Crippen molar-refractivity contribution in [3.8, 4) is 44.5 Å². The van der Waals surface area contributed by atoms with Gasteiger partial charge in [-0.15, -0.1) is 0 Å². The average molecular weight is 585 g/mol. The zero-order valence-corrected chi connectivity index (χ0v) is 26.1. The number of hydrogen-bond donors (Lipinski definition) is 0. The SMILES string of the molecule is CC1(C)c2ccccc2-c2ccc(-c3c4ccccc4c(-c4ccc5c(c4)-c4cc6ccccc6cc4C5)c4ccccc34)cc21. The van der Waals surface area contributed by atoms with Gasteiger partial charge in [0.1, 0.15) is 0 Å². The van der Waals surface area contributed by atoms with Gasteiger partial charge >= 0.3 is 0 Å². The van der Waals surface area contributed by atoms with Crippen LogP contribution < -0.4 is 0 Å². The Labute approximate surface area is 269 Å². The quantitative estimate of drug-likeness (QED) is 0.177. The molecule has 0 radical (unpaired) electrons. The van der Waals surface area contributed by atoms with Crippen LogP contribution in [0, 0.1) is 0 Å². The van der Waals surface area contributed by atoms with Crippen LogP contribution in [0.25, 0.3) is 76.8 Å². The molecule has 8 aromatic rings. The van der Waals surface area contributed by atoms with E-state index < -0.39 is 0 Å². The molecule has 0 heteroatoms. The maximum atomic E-state index is 2.47. The van der Waals surface area contributed by atoms with Crippen molar-refractivity contribution >= 4 is 32.3 Å². The van der Waals surface area contributed by atoms with Crippen LogP contribution in [0.1, 0.15) is 36.1 Å². The first-order valence-corrected chi connectivity index (χ1v) is 16.4. The van der Waals surface area contributed by atoms with Gasteiger partial charge in [-0.3, -0.25) is 0 Å².